The van der Waals surface area contributed by atoms with E-state index < -0.39 is 0 Å². The first-order valence-electron chi connectivity index (χ1n) is 9.71. The Hall–Kier alpha value is -2.83. The highest BCUT2D eigenvalue weighted by Gasteiger charge is 2.25. The van der Waals surface area contributed by atoms with E-state index in [4.69, 9.17) is 9.26 Å². The number of carbonyl (C=O) groups is 2. The van der Waals surface area contributed by atoms with Gasteiger partial charge in [-0.15, -0.1) is 0 Å². The van der Waals surface area contributed by atoms with E-state index in [-0.39, 0.29) is 17.9 Å². The highest BCUT2D eigenvalue weighted by atomic mass is 16.5. The number of likely N-dealkylation sites (tertiary alicyclic amines) is 1. The Balaban J connectivity index is 1.64. The maximum absolute atomic E-state index is 12.9. The summed E-state index contributed by atoms with van der Waals surface area (Å²) in [6.45, 7) is 7.13. The van der Waals surface area contributed by atoms with Crippen molar-refractivity contribution in [2.75, 3.05) is 13.1 Å². The first kappa shape index (κ1) is 19.9. The third-order valence-corrected chi connectivity index (χ3v) is 5.04. The molecule has 28 heavy (non-hydrogen) atoms. The number of nitrogens with one attached hydrogen (secondary N) is 1. The quantitative estimate of drug-likeness (QED) is 0.826. The van der Waals surface area contributed by atoms with Gasteiger partial charge in [0.2, 0.25) is 5.91 Å². The van der Waals surface area contributed by atoms with Crippen molar-refractivity contribution < 1.29 is 18.8 Å². The lowest BCUT2D eigenvalue weighted by Crippen LogP contribution is -2.49. The zero-order valence-corrected chi connectivity index (χ0v) is 16.7. The SMILES string of the molecule is CCC(=O)NC1CCCN(C(=O)c2cccc(OCc3c(C)noc3C)c2)C1. The number of piperidine rings is 1. The molecule has 1 aliphatic rings. The molecule has 0 radical (unpaired) electrons. The minimum Gasteiger partial charge on any atom is -0.489 e. The zero-order valence-electron chi connectivity index (χ0n) is 16.7. The summed E-state index contributed by atoms with van der Waals surface area (Å²) in [5.41, 5.74) is 2.30. The van der Waals surface area contributed by atoms with E-state index in [2.05, 4.69) is 10.5 Å². The average molecular weight is 385 g/mol. The molecule has 7 nitrogen and oxygen atoms in total. The Kier molecular flexibility index (Phi) is 6.34. The van der Waals surface area contributed by atoms with Crippen LogP contribution in [0.4, 0.5) is 0 Å². The molecule has 1 aliphatic heterocycles. The molecule has 0 saturated carbocycles. The fourth-order valence-corrected chi connectivity index (χ4v) is 3.37. The van der Waals surface area contributed by atoms with Crippen LogP contribution in [0.5, 0.6) is 5.75 Å². The zero-order chi connectivity index (χ0) is 20.1. The number of nitrogens with zero attached hydrogens (tertiary/aromatic N) is 2. The van der Waals surface area contributed by atoms with Gasteiger partial charge in [0.15, 0.2) is 0 Å². The highest BCUT2D eigenvalue weighted by Crippen LogP contribution is 2.20. The molecule has 1 aromatic carbocycles. The predicted molar refractivity (Wildman–Crippen MR) is 104 cm³/mol. The van der Waals surface area contributed by atoms with Crippen molar-refractivity contribution in [2.24, 2.45) is 0 Å². The number of carbonyl (C=O) groups excluding carboxylic acids is 2. The standard InChI is InChI=1S/C21H27N3O4/c1-4-20(25)22-17-8-6-10-24(12-17)21(26)16-7-5-9-18(11-16)27-13-19-14(2)23-28-15(19)3/h5,7,9,11,17H,4,6,8,10,12-13H2,1-3H3,(H,22,25). The second-order valence-corrected chi connectivity index (χ2v) is 7.13. The van der Waals surface area contributed by atoms with Crippen LogP contribution in [0.1, 0.15) is 53.6 Å². The van der Waals surface area contributed by atoms with Crippen LogP contribution in [0.15, 0.2) is 28.8 Å². The van der Waals surface area contributed by atoms with E-state index in [0.29, 0.717) is 37.4 Å². The Morgan fingerprint density at radius 1 is 1.36 bits per heavy atom. The van der Waals surface area contributed by atoms with Gasteiger partial charge < -0.3 is 19.5 Å². The smallest absolute Gasteiger partial charge is 0.254 e. The summed E-state index contributed by atoms with van der Waals surface area (Å²) >= 11 is 0. The first-order chi connectivity index (χ1) is 13.5. The normalized spacial score (nSPS) is 16.7. The second kappa shape index (κ2) is 8.91. The van der Waals surface area contributed by atoms with Crippen LogP contribution in [-0.4, -0.2) is 41.0 Å². The topological polar surface area (TPSA) is 84.7 Å². The van der Waals surface area contributed by atoms with Gasteiger partial charge in [0.05, 0.1) is 11.3 Å². The average Bonchev–Trinajstić information content (AvgIpc) is 3.03. The largest absolute Gasteiger partial charge is 0.489 e. The van der Waals surface area contributed by atoms with Crippen LogP contribution in [0, 0.1) is 13.8 Å². The molecule has 2 amide bonds. The van der Waals surface area contributed by atoms with Crippen molar-refractivity contribution in [3.05, 3.63) is 46.8 Å². The summed E-state index contributed by atoms with van der Waals surface area (Å²) in [5, 5.41) is 6.91. The van der Waals surface area contributed by atoms with Crippen molar-refractivity contribution in [3.8, 4) is 5.75 Å². The lowest BCUT2D eigenvalue weighted by molar-refractivity contribution is -0.121. The van der Waals surface area contributed by atoms with Crippen LogP contribution < -0.4 is 10.1 Å². The first-order valence-corrected chi connectivity index (χ1v) is 9.71. The van der Waals surface area contributed by atoms with Crippen LogP contribution in [0.25, 0.3) is 0 Å². The summed E-state index contributed by atoms with van der Waals surface area (Å²) in [7, 11) is 0. The van der Waals surface area contributed by atoms with Crippen LogP contribution >= 0.6 is 0 Å². The van der Waals surface area contributed by atoms with Gasteiger partial charge in [-0.3, -0.25) is 9.59 Å². The molecule has 150 valence electrons. The third kappa shape index (κ3) is 4.71. The number of rotatable bonds is 6. The Bertz CT molecular complexity index is 826. The lowest BCUT2D eigenvalue weighted by atomic mass is 10.0. The molecule has 2 heterocycles. The third-order valence-electron chi connectivity index (χ3n) is 5.04. The molecular formula is C21H27N3O4. The van der Waals surface area contributed by atoms with Crippen molar-refractivity contribution >= 4 is 11.8 Å². The van der Waals surface area contributed by atoms with Gasteiger partial charge in [0.25, 0.3) is 5.91 Å². The molecule has 7 heteroatoms. The van der Waals surface area contributed by atoms with Crippen molar-refractivity contribution in [1.29, 1.82) is 0 Å². The number of aromatic nitrogens is 1. The molecule has 0 bridgehead atoms. The molecule has 3 rings (SSSR count). The Morgan fingerprint density at radius 2 is 2.18 bits per heavy atom. The number of benzene rings is 1. The fourth-order valence-electron chi connectivity index (χ4n) is 3.37. The van der Waals surface area contributed by atoms with E-state index in [1.807, 2.05) is 32.9 Å². The molecule has 1 unspecified atom stereocenters. The van der Waals surface area contributed by atoms with E-state index in [0.717, 1.165) is 29.9 Å². The molecular weight excluding hydrogens is 358 g/mol. The summed E-state index contributed by atoms with van der Waals surface area (Å²) < 4.78 is 11.0. The van der Waals surface area contributed by atoms with Gasteiger partial charge in [0, 0.05) is 31.1 Å². The highest BCUT2D eigenvalue weighted by molar-refractivity contribution is 5.94. The van der Waals surface area contributed by atoms with Crippen LogP contribution in [-0.2, 0) is 11.4 Å². The van der Waals surface area contributed by atoms with E-state index in [9.17, 15) is 9.59 Å². The molecule has 0 spiro atoms. The number of ether oxygens (including phenoxy) is 1. The molecule has 2 aromatic rings. The van der Waals surface area contributed by atoms with Gasteiger partial charge in [-0.2, -0.15) is 0 Å². The lowest BCUT2D eigenvalue weighted by Gasteiger charge is -2.33. The number of amides is 2. The minimum atomic E-state index is -0.0433. The maximum Gasteiger partial charge on any atom is 0.254 e. The van der Waals surface area contributed by atoms with Crippen molar-refractivity contribution in [1.82, 2.24) is 15.4 Å². The molecule has 1 N–H and O–H groups in total. The van der Waals surface area contributed by atoms with Gasteiger partial charge in [-0.1, -0.05) is 18.1 Å². The summed E-state index contributed by atoms with van der Waals surface area (Å²) in [4.78, 5) is 26.4. The van der Waals surface area contributed by atoms with Crippen molar-refractivity contribution in [3.63, 3.8) is 0 Å². The molecule has 1 saturated heterocycles. The molecule has 0 aliphatic carbocycles. The van der Waals surface area contributed by atoms with Gasteiger partial charge in [-0.25, -0.2) is 0 Å². The predicted octanol–water partition coefficient (Wildman–Crippen LogP) is 3.00. The van der Waals surface area contributed by atoms with E-state index in [1.165, 1.54) is 0 Å². The van der Waals surface area contributed by atoms with Gasteiger partial charge in [0.1, 0.15) is 18.1 Å². The van der Waals surface area contributed by atoms with Gasteiger partial charge in [-0.05, 0) is 44.9 Å². The Labute approximate surface area is 165 Å². The molecule has 1 fully saturated rings. The number of hydrogen-bond acceptors (Lipinski definition) is 5. The Morgan fingerprint density at radius 3 is 2.89 bits per heavy atom. The monoisotopic (exact) mass is 385 g/mol. The maximum atomic E-state index is 12.9. The van der Waals surface area contributed by atoms with Crippen LogP contribution in [0.2, 0.25) is 0 Å². The fraction of sp³-hybridized carbons (Fsp3) is 0.476. The summed E-state index contributed by atoms with van der Waals surface area (Å²) in [6.07, 6.45) is 2.23. The van der Waals surface area contributed by atoms with Gasteiger partial charge >= 0.3 is 0 Å². The van der Waals surface area contributed by atoms with Crippen molar-refractivity contribution in [2.45, 2.75) is 52.7 Å². The number of aryl methyl sites for hydroxylation is 2. The van der Waals surface area contributed by atoms with E-state index >= 15 is 0 Å². The second-order valence-electron chi connectivity index (χ2n) is 7.13. The number of hydrogen-bond donors (Lipinski definition) is 1. The van der Waals surface area contributed by atoms with Crippen LogP contribution in [0.3, 0.4) is 0 Å². The summed E-state index contributed by atoms with van der Waals surface area (Å²) in [6, 6.07) is 7.21. The van der Waals surface area contributed by atoms with E-state index in [1.54, 1.807) is 17.0 Å². The minimum absolute atomic E-state index is 0.0177. The molecule has 1 atom stereocenters. The molecule has 1 aromatic heterocycles. The summed E-state index contributed by atoms with van der Waals surface area (Å²) in [5.74, 6) is 1.34.